The van der Waals surface area contributed by atoms with Gasteiger partial charge in [-0.1, -0.05) is 53.5 Å². The van der Waals surface area contributed by atoms with Crippen LogP contribution < -0.4 is 4.90 Å². The van der Waals surface area contributed by atoms with Crippen molar-refractivity contribution in [3.63, 3.8) is 0 Å². The Hall–Kier alpha value is -2.30. The molecular formula is C19H14Cl2N2O2. The van der Waals surface area contributed by atoms with E-state index in [9.17, 15) is 9.59 Å². The highest BCUT2D eigenvalue weighted by molar-refractivity contribution is 6.40. The first-order valence-electron chi connectivity index (χ1n) is 7.77. The lowest BCUT2D eigenvalue weighted by molar-refractivity contribution is 0.0979. The van der Waals surface area contributed by atoms with E-state index in [4.69, 9.17) is 23.2 Å². The second-order valence-corrected chi connectivity index (χ2v) is 6.92. The van der Waals surface area contributed by atoms with Crippen LogP contribution in [0.2, 0.25) is 0 Å². The van der Waals surface area contributed by atoms with Gasteiger partial charge in [-0.15, -0.1) is 0 Å². The summed E-state index contributed by atoms with van der Waals surface area (Å²) in [7, 11) is 1.82. The minimum absolute atomic E-state index is 0.148. The van der Waals surface area contributed by atoms with E-state index in [1.807, 2.05) is 20.0 Å². The first-order valence-corrected chi connectivity index (χ1v) is 8.53. The first kappa shape index (κ1) is 16.2. The Balaban J connectivity index is 1.98. The van der Waals surface area contributed by atoms with Crippen molar-refractivity contribution in [2.24, 2.45) is 0 Å². The van der Waals surface area contributed by atoms with Crippen molar-refractivity contribution in [2.75, 3.05) is 18.6 Å². The topological polar surface area (TPSA) is 40.6 Å². The Morgan fingerprint density at radius 1 is 0.880 bits per heavy atom. The van der Waals surface area contributed by atoms with Crippen molar-refractivity contribution >= 4 is 40.5 Å². The average molecular weight is 373 g/mol. The molecule has 0 N–H and O–H groups in total. The molecule has 0 fully saturated rings. The van der Waals surface area contributed by atoms with Gasteiger partial charge in [0.15, 0.2) is 11.6 Å². The van der Waals surface area contributed by atoms with Crippen molar-refractivity contribution in [3.05, 3.63) is 74.5 Å². The average Bonchev–Trinajstić information content (AvgIpc) is 2.86. The van der Waals surface area contributed by atoms with E-state index in [0.29, 0.717) is 44.9 Å². The number of fused-ring (bicyclic) bond motifs is 2. The number of aryl methyl sites for hydroxylation is 1. The van der Waals surface area contributed by atoms with Crippen LogP contribution in [0, 0.1) is 6.92 Å². The molecule has 0 radical (unpaired) electrons. The summed E-state index contributed by atoms with van der Waals surface area (Å²) in [5.74, 6) is -0.316. The monoisotopic (exact) mass is 372 g/mol. The third-order valence-corrected chi connectivity index (χ3v) is 5.58. The number of hydrogen-bond donors (Lipinski definition) is 0. The molecule has 6 heteroatoms. The van der Waals surface area contributed by atoms with Gasteiger partial charge in [-0.05, 0) is 18.6 Å². The molecule has 0 amide bonds. The maximum absolute atomic E-state index is 13.2. The van der Waals surface area contributed by atoms with Gasteiger partial charge in [0.2, 0.25) is 0 Å². The highest BCUT2D eigenvalue weighted by Gasteiger charge is 2.36. The molecule has 4 nitrogen and oxygen atoms in total. The van der Waals surface area contributed by atoms with Crippen LogP contribution in [0.25, 0.3) is 0 Å². The molecule has 0 unspecified atom stereocenters. The number of benzene rings is 2. The highest BCUT2D eigenvalue weighted by atomic mass is 35.5. The smallest absolute Gasteiger partial charge is 0.196 e. The van der Waals surface area contributed by atoms with Crippen LogP contribution in [-0.4, -0.2) is 30.2 Å². The number of anilines is 1. The predicted octanol–water partition coefficient (Wildman–Crippen LogP) is 4.08. The third kappa shape index (κ3) is 2.21. The number of ketones is 2. The van der Waals surface area contributed by atoms with Gasteiger partial charge < -0.3 is 9.80 Å². The number of rotatable bonds is 1. The summed E-state index contributed by atoms with van der Waals surface area (Å²) < 4.78 is 0. The van der Waals surface area contributed by atoms with Crippen molar-refractivity contribution < 1.29 is 9.59 Å². The van der Waals surface area contributed by atoms with E-state index in [0.717, 1.165) is 5.56 Å². The minimum Gasteiger partial charge on any atom is -0.345 e. The molecule has 0 spiro atoms. The molecule has 0 bridgehead atoms. The second kappa shape index (κ2) is 5.61. The number of hydrogen-bond acceptors (Lipinski definition) is 4. The van der Waals surface area contributed by atoms with Gasteiger partial charge in [0.05, 0.1) is 17.9 Å². The molecule has 4 rings (SSSR count). The fraction of sp³-hybridized carbons (Fsp3) is 0.158. The molecular weight excluding hydrogens is 359 g/mol. The lowest BCUT2D eigenvalue weighted by Crippen LogP contribution is -2.29. The molecule has 1 heterocycles. The van der Waals surface area contributed by atoms with E-state index in [2.05, 4.69) is 0 Å². The Bertz CT molecular complexity index is 981. The van der Waals surface area contributed by atoms with Crippen molar-refractivity contribution in [3.8, 4) is 0 Å². The summed E-state index contributed by atoms with van der Waals surface area (Å²) in [6.07, 6.45) is 0. The van der Waals surface area contributed by atoms with Crippen LogP contribution >= 0.6 is 23.2 Å². The van der Waals surface area contributed by atoms with E-state index < -0.39 is 0 Å². The van der Waals surface area contributed by atoms with Crippen molar-refractivity contribution in [1.82, 2.24) is 4.90 Å². The molecule has 1 aliphatic heterocycles. The zero-order chi connectivity index (χ0) is 17.9. The molecule has 1 aliphatic carbocycles. The first-order chi connectivity index (χ1) is 11.9. The molecule has 25 heavy (non-hydrogen) atoms. The van der Waals surface area contributed by atoms with Gasteiger partial charge in [-0.25, -0.2) is 0 Å². The quantitative estimate of drug-likeness (QED) is 0.603. The largest absolute Gasteiger partial charge is 0.345 e. The van der Waals surface area contributed by atoms with Gasteiger partial charge in [-0.2, -0.15) is 0 Å². The van der Waals surface area contributed by atoms with Crippen LogP contribution in [-0.2, 0) is 0 Å². The Morgan fingerprint density at radius 2 is 1.52 bits per heavy atom. The molecule has 2 aliphatic rings. The summed E-state index contributed by atoms with van der Waals surface area (Å²) in [6.45, 7) is 2.31. The normalized spacial score (nSPS) is 16.5. The summed E-state index contributed by atoms with van der Waals surface area (Å²) >= 11 is 12.6. The second-order valence-electron chi connectivity index (χ2n) is 6.21. The van der Waals surface area contributed by atoms with Crippen molar-refractivity contribution in [2.45, 2.75) is 6.92 Å². The summed E-state index contributed by atoms with van der Waals surface area (Å²) in [4.78, 5) is 29.6. The van der Waals surface area contributed by atoms with E-state index in [-0.39, 0.29) is 11.6 Å². The van der Waals surface area contributed by atoms with Gasteiger partial charge in [0.1, 0.15) is 10.3 Å². The van der Waals surface area contributed by atoms with Gasteiger partial charge in [-0.3, -0.25) is 9.59 Å². The van der Waals surface area contributed by atoms with Gasteiger partial charge in [0.25, 0.3) is 0 Å². The van der Waals surface area contributed by atoms with Crippen molar-refractivity contribution in [1.29, 1.82) is 0 Å². The third-order valence-electron chi connectivity index (χ3n) is 4.63. The maximum Gasteiger partial charge on any atom is 0.196 e. The maximum atomic E-state index is 13.2. The van der Waals surface area contributed by atoms with Crippen LogP contribution in [0.1, 0.15) is 37.4 Å². The SMILES string of the molecule is Cc1ccc2c(c1N1CN(C)C(Cl)=C1Cl)C(=O)c1ccccc1C2=O. The molecule has 0 saturated heterocycles. The highest BCUT2D eigenvalue weighted by Crippen LogP contribution is 2.41. The standard InChI is InChI=1S/C19H14Cl2N2O2/c1-10-7-8-13-14(15(10)23-9-22(2)18(20)19(23)21)17(25)12-6-4-3-5-11(12)16(13)24/h3-8H,9H2,1-2H3. The number of carbonyl (C=O) groups is 2. The lowest BCUT2D eigenvalue weighted by Gasteiger charge is -2.28. The summed E-state index contributed by atoms with van der Waals surface area (Å²) in [5.41, 5.74) is 3.15. The summed E-state index contributed by atoms with van der Waals surface area (Å²) in [6, 6.07) is 10.4. The Labute approximate surface area is 155 Å². The van der Waals surface area contributed by atoms with E-state index in [1.54, 1.807) is 40.1 Å². The van der Waals surface area contributed by atoms with Crippen LogP contribution in [0.5, 0.6) is 0 Å². The zero-order valence-corrected chi connectivity index (χ0v) is 15.1. The summed E-state index contributed by atoms with van der Waals surface area (Å²) in [5, 5.41) is 0.758. The molecule has 0 atom stereocenters. The molecule has 0 saturated carbocycles. The lowest BCUT2D eigenvalue weighted by atomic mass is 9.82. The number of halogens is 2. The Morgan fingerprint density at radius 3 is 2.12 bits per heavy atom. The van der Waals surface area contributed by atoms with Gasteiger partial charge >= 0.3 is 0 Å². The molecule has 126 valence electrons. The molecule has 2 aromatic rings. The van der Waals surface area contributed by atoms with Crippen LogP contribution in [0.3, 0.4) is 0 Å². The predicted molar refractivity (Wildman–Crippen MR) is 98.3 cm³/mol. The van der Waals surface area contributed by atoms with E-state index >= 15 is 0 Å². The zero-order valence-electron chi connectivity index (χ0n) is 13.6. The van der Waals surface area contributed by atoms with E-state index in [1.165, 1.54) is 0 Å². The fourth-order valence-corrected chi connectivity index (χ4v) is 3.83. The molecule has 2 aromatic carbocycles. The molecule has 0 aromatic heterocycles. The van der Waals surface area contributed by atoms with Crippen LogP contribution in [0.4, 0.5) is 5.69 Å². The number of carbonyl (C=O) groups excluding carboxylic acids is 2. The number of nitrogens with zero attached hydrogens (tertiary/aromatic N) is 2. The van der Waals surface area contributed by atoms with Crippen LogP contribution in [0.15, 0.2) is 46.7 Å². The van der Waals surface area contributed by atoms with Gasteiger partial charge in [0, 0.05) is 23.7 Å². The minimum atomic E-state index is -0.168. The fourth-order valence-electron chi connectivity index (χ4n) is 3.40. The Kier molecular flexibility index (Phi) is 3.63.